The first-order chi connectivity index (χ1) is 13.4. The minimum Gasteiger partial charge on any atom is -0.354 e. The Kier molecular flexibility index (Phi) is 3.70. The van der Waals surface area contributed by atoms with E-state index in [1.807, 2.05) is 30.3 Å². The number of hydrogen-bond donors (Lipinski definition) is 3. The molecule has 0 aliphatic carbocycles. The van der Waals surface area contributed by atoms with E-state index in [1.165, 1.54) is 4.31 Å². The van der Waals surface area contributed by atoms with Crippen LogP contribution >= 0.6 is 0 Å². The van der Waals surface area contributed by atoms with Crippen LogP contribution in [0.15, 0.2) is 64.3 Å². The van der Waals surface area contributed by atoms with Gasteiger partial charge in [-0.05, 0) is 41.8 Å². The van der Waals surface area contributed by atoms with Gasteiger partial charge in [0.05, 0.1) is 16.2 Å². The molecule has 4 N–H and O–H groups in total. The molecule has 2 aromatic carbocycles. The SMILES string of the molecule is NC1CN(S(=O)(=O)c2ccc3[nH]c(-c4cc5ccccc5[nH]c4=O)cc3c2)C1. The molecule has 8 heteroatoms. The fourth-order valence-electron chi connectivity index (χ4n) is 3.58. The van der Waals surface area contributed by atoms with Gasteiger partial charge in [0.15, 0.2) is 0 Å². The Bertz CT molecular complexity index is 1380. The van der Waals surface area contributed by atoms with E-state index < -0.39 is 10.0 Å². The summed E-state index contributed by atoms with van der Waals surface area (Å²) in [5.74, 6) is 0. The number of nitrogens with zero attached hydrogens (tertiary/aromatic N) is 1. The second-order valence-electron chi connectivity index (χ2n) is 7.11. The van der Waals surface area contributed by atoms with E-state index in [4.69, 9.17) is 5.73 Å². The molecule has 7 nitrogen and oxygen atoms in total. The highest BCUT2D eigenvalue weighted by Crippen LogP contribution is 2.28. The maximum absolute atomic E-state index is 12.7. The summed E-state index contributed by atoms with van der Waals surface area (Å²) in [5.41, 5.74) is 8.20. The van der Waals surface area contributed by atoms with Gasteiger partial charge in [-0.3, -0.25) is 4.79 Å². The van der Waals surface area contributed by atoms with E-state index in [2.05, 4.69) is 9.97 Å². The monoisotopic (exact) mass is 394 g/mol. The third-order valence-corrected chi connectivity index (χ3v) is 6.98. The van der Waals surface area contributed by atoms with Crippen molar-refractivity contribution in [2.75, 3.05) is 13.1 Å². The van der Waals surface area contributed by atoms with Crippen LogP contribution in [-0.2, 0) is 10.0 Å². The summed E-state index contributed by atoms with van der Waals surface area (Å²) in [7, 11) is -3.55. The molecule has 0 saturated carbocycles. The first-order valence-electron chi connectivity index (χ1n) is 8.93. The molecule has 1 aliphatic heterocycles. The van der Waals surface area contributed by atoms with Gasteiger partial charge < -0.3 is 15.7 Å². The van der Waals surface area contributed by atoms with Gasteiger partial charge in [0.1, 0.15) is 0 Å². The van der Waals surface area contributed by atoms with Crippen LogP contribution in [-0.4, -0.2) is 41.8 Å². The largest absolute Gasteiger partial charge is 0.354 e. The lowest BCUT2D eigenvalue weighted by Crippen LogP contribution is -2.57. The zero-order chi connectivity index (χ0) is 19.5. The van der Waals surface area contributed by atoms with Crippen LogP contribution in [0.1, 0.15) is 0 Å². The van der Waals surface area contributed by atoms with E-state index in [1.54, 1.807) is 24.3 Å². The Morgan fingerprint density at radius 1 is 0.929 bits per heavy atom. The van der Waals surface area contributed by atoms with Crippen molar-refractivity contribution in [1.82, 2.24) is 14.3 Å². The van der Waals surface area contributed by atoms with Gasteiger partial charge >= 0.3 is 0 Å². The molecular formula is C20H18N4O3S. The first kappa shape index (κ1) is 17.2. The second kappa shape index (κ2) is 6.03. The third kappa shape index (κ3) is 2.65. The van der Waals surface area contributed by atoms with Gasteiger partial charge in [-0.15, -0.1) is 0 Å². The summed E-state index contributed by atoms with van der Waals surface area (Å²) < 4.78 is 26.7. The first-order valence-corrected chi connectivity index (χ1v) is 10.4. The highest BCUT2D eigenvalue weighted by atomic mass is 32.2. The normalized spacial score (nSPS) is 15.9. The van der Waals surface area contributed by atoms with Crippen LogP contribution in [0, 0.1) is 0 Å². The maximum Gasteiger partial charge on any atom is 0.257 e. The highest BCUT2D eigenvalue weighted by Gasteiger charge is 2.34. The van der Waals surface area contributed by atoms with Gasteiger partial charge in [-0.25, -0.2) is 8.42 Å². The van der Waals surface area contributed by atoms with Crippen LogP contribution in [0.4, 0.5) is 0 Å². The van der Waals surface area contributed by atoms with Gasteiger partial charge in [0.25, 0.3) is 5.56 Å². The number of hydrogen-bond acceptors (Lipinski definition) is 4. The van der Waals surface area contributed by atoms with Crippen LogP contribution < -0.4 is 11.3 Å². The predicted molar refractivity (Wildman–Crippen MR) is 109 cm³/mol. The molecule has 0 radical (unpaired) electrons. The average Bonchev–Trinajstić information content (AvgIpc) is 3.07. The van der Waals surface area contributed by atoms with Gasteiger partial charge in [0, 0.05) is 35.6 Å². The predicted octanol–water partition coefficient (Wildman–Crippen LogP) is 2.01. The van der Waals surface area contributed by atoms with Crippen LogP contribution in [0.2, 0.25) is 0 Å². The number of sulfonamides is 1. The molecule has 0 atom stereocenters. The maximum atomic E-state index is 12.7. The lowest BCUT2D eigenvalue weighted by molar-refractivity contribution is 0.265. The van der Waals surface area contributed by atoms with Crippen molar-refractivity contribution in [3.63, 3.8) is 0 Å². The van der Waals surface area contributed by atoms with Crippen molar-refractivity contribution in [2.24, 2.45) is 5.73 Å². The Labute approximate surface area is 160 Å². The molecule has 4 aromatic rings. The van der Waals surface area contributed by atoms with E-state index in [-0.39, 0.29) is 16.5 Å². The van der Waals surface area contributed by atoms with Crippen molar-refractivity contribution in [3.8, 4) is 11.3 Å². The number of nitrogens with one attached hydrogen (secondary N) is 2. The van der Waals surface area contributed by atoms with Crippen LogP contribution in [0.5, 0.6) is 0 Å². The third-order valence-electron chi connectivity index (χ3n) is 5.15. The zero-order valence-corrected chi connectivity index (χ0v) is 15.7. The number of pyridine rings is 1. The van der Waals surface area contributed by atoms with Crippen molar-refractivity contribution >= 4 is 31.8 Å². The molecule has 0 unspecified atom stereocenters. The Balaban J connectivity index is 1.59. The number of benzene rings is 2. The molecule has 1 saturated heterocycles. The number of para-hydroxylation sites is 1. The quantitative estimate of drug-likeness (QED) is 0.493. The van der Waals surface area contributed by atoms with Gasteiger partial charge in [-0.2, -0.15) is 4.31 Å². The topological polar surface area (TPSA) is 112 Å². The summed E-state index contributed by atoms with van der Waals surface area (Å²) >= 11 is 0. The second-order valence-corrected chi connectivity index (χ2v) is 9.05. The molecular weight excluding hydrogens is 376 g/mol. The molecule has 0 bridgehead atoms. The Morgan fingerprint density at radius 2 is 1.68 bits per heavy atom. The summed E-state index contributed by atoms with van der Waals surface area (Å²) in [6.45, 7) is 0.677. The van der Waals surface area contributed by atoms with Crippen molar-refractivity contribution < 1.29 is 8.42 Å². The van der Waals surface area contributed by atoms with Crippen LogP contribution in [0.25, 0.3) is 33.1 Å². The van der Waals surface area contributed by atoms with Gasteiger partial charge in [0.2, 0.25) is 10.0 Å². The smallest absolute Gasteiger partial charge is 0.257 e. The number of nitrogens with two attached hydrogens (primary N) is 1. The number of rotatable bonds is 3. The Hall–Kier alpha value is -2.94. The van der Waals surface area contributed by atoms with Gasteiger partial charge in [-0.1, -0.05) is 18.2 Å². The molecule has 28 heavy (non-hydrogen) atoms. The van der Waals surface area contributed by atoms with Crippen molar-refractivity contribution in [1.29, 1.82) is 0 Å². The summed E-state index contributed by atoms with van der Waals surface area (Å²) in [6, 6.07) is 16.0. The van der Waals surface area contributed by atoms with E-state index in [0.29, 0.717) is 24.3 Å². The lowest BCUT2D eigenvalue weighted by Gasteiger charge is -2.35. The number of aromatic amines is 2. The molecule has 0 amide bonds. The van der Waals surface area contributed by atoms with Crippen molar-refractivity contribution in [2.45, 2.75) is 10.9 Å². The summed E-state index contributed by atoms with van der Waals surface area (Å²) in [6.07, 6.45) is 0. The summed E-state index contributed by atoms with van der Waals surface area (Å²) in [4.78, 5) is 18.8. The molecule has 1 fully saturated rings. The van der Waals surface area contributed by atoms with Crippen molar-refractivity contribution in [3.05, 3.63) is 65.0 Å². The van der Waals surface area contributed by atoms with Crippen LogP contribution in [0.3, 0.4) is 0 Å². The summed E-state index contributed by atoms with van der Waals surface area (Å²) in [5, 5.41) is 1.65. The van der Waals surface area contributed by atoms with E-state index >= 15 is 0 Å². The fourth-order valence-corrected chi connectivity index (χ4v) is 5.17. The van der Waals surface area contributed by atoms with E-state index in [0.717, 1.165) is 21.8 Å². The zero-order valence-electron chi connectivity index (χ0n) is 14.8. The average molecular weight is 394 g/mol. The molecule has 3 heterocycles. The number of H-pyrrole nitrogens is 2. The molecule has 2 aromatic heterocycles. The highest BCUT2D eigenvalue weighted by molar-refractivity contribution is 7.89. The van der Waals surface area contributed by atoms with E-state index in [9.17, 15) is 13.2 Å². The standard InChI is InChI=1S/C20H18N4O3S/c21-14-10-24(11-14)28(26,27)15-5-6-18-13(7-15)9-19(22-18)16-8-12-3-1-2-4-17(12)23-20(16)25/h1-9,14,22H,10-11,21H2,(H,23,25). The Morgan fingerprint density at radius 3 is 2.46 bits per heavy atom. The molecule has 1 aliphatic rings. The number of aromatic nitrogens is 2. The minimum absolute atomic E-state index is 0.100. The molecule has 5 rings (SSSR count). The fraction of sp³-hybridized carbons (Fsp3) is 0.150. The number of fused-ring (bicyclic) bond motifs is 2. The minimum atomic E-state index is -3.55. The lowest BCUT2D eigenvalue weighted by atomic mass is 10.1. The molecule has 142 valence electrons. The molecule has 0 spiro atoms.